The monoisotopic (exact) mass is 291 g/mol. The van der Waals surface area contributed by atoms with Gasteiger partial charge in [-0.25, -0.2) is 0 Å². The van der Waals surface area contributed by atoms with Gasteiger partial charge in [-0.1, -0.05) is 25.1 Å². The smallest absolute Gasteiger partial charge is 0.306 e. The van der Waals surface area contributed by atoms with E-state index in [0.29, 0.717) is 13.1 Å². The zero-order valence-corrected chi connectivity index (χ0v) is 12.1. The maximum absolute atomic E-state index is 12.5. The van der Waals surface area contributed by atoms with E-state index in [9.17, 15) is 9.59 Å². The third-order valence-corrected chi connectivity index (χ3v) is 5.50. The van der Waals surface area contributed by atoms with E-state index >= 15 is 0 Å². The van der Waals surface area contributed by atoms with Crippen molar-refractivity contribution in [2.45, 2.75) is 17.7 Å². The molecule has 2 aliphatic heterocycles. The fourth-order valence-electron chi connectivity index (χ4n) is 2.80. The predicted octanol–water partition coefficient (Wildman–Crippen LogP) is 2.05. The minimum Gasteiger partial charge on any atom is -0.481 e. The largest absolute Gasteiger partial charge is 0.481 e. The van der Waals surface area contributed by atoms with E-state index in [1.54, 1.807) is 23.6 Å². The van der Waals surface area contributed by atoms with E-state index in [4.69, 9.17) is 5.11 Å². The Morgan fingerprint density at radius 2 is 2.05 bits per heavy atom. The molecule has 0 bridgehead atoms. The van der Waals surface area contributed by atoms with Gasteiger partial charge in [-0.05, 0) is 11.6 Å². The Bertz CT molecular complexity index is 554. The van der Waals surface area contributed by atoms with Crippen LogP contribution < -0.4 is 0 Å². The highest BCUT2D eigenvalue weighted by Gasteiger charge is 2.41. The van der Waals surface area contributed by atoms with E-state index in [-0.39, 0.29) is 23.7 Å². The summed E-state index contributed by atoms with van der Waals surface area (Å²) in [6.45, 7) is 2.88. The summed E-state index contributed by atoms with van der Waals surface area (Å²) in [4.78, 5) is 26.4. The minimum atomic E-state index is -0.774. The molecule has 0 radical (unpaired) electrons. The molecule has 2 atom stereocenters. The average molecular weight is 291 g/mol. The number of amides is 1. The van der Waals surface area contributed by atoms with Crippen molar-refractivity contribution >= 4 is 23.6 Å². The van der Waals surface area contributed by atoms with Gasteiger partial charge in [0, 0.05) is 29.7 Å². The van der Waals surface area contributed by atoms with Crippen LogP contribution in [0.1, 0.15) is 18.4 Å². The number of carboxylic acid groups (broad SMARTS) is 1. The van der Waals surface area contributed by atoms with Crippen molar-refractivity contribution in [2.75, 3.05) is 18.8 Å². The van der Waals surface area contributed by atoms with Gasteiger partial charge in [0.15, 0.2) is 0 Å². The van der Waals surface area contributed by atoms with Crippen molar-refractivity contribution in [3.05, 3.63) is 29.8 Å². The molecular weight excluding hydrogens is 274 g/mol. The second-order valence-corrected chi connectivity index (χ2v) is 6.59. The molecule has 2 heterocycles. The number of likely N-dealkylation sites (tertiary alicyclic amines) is 1. The predicted molar refractivity (Wildman–Crippen MR) is 76.8 cm³/mol. The van der Waals surface area contributed by atoms with Gasteiger partial charge >= 0.3 is 5.97 Å². The van der Waals surface area contributed by atoms with Crippen molar-refractivity contribution < 1.29 is 14.7 Å². The van der Waals surface area contributed by atoms with E-state index in [2.05, 4.69) is 6.07 Å². The number of hydrogen-bond acceptors (Lipinski definition) is 3. The van der Waals surface area contributed by atoms with Crippen LogP contribution in [0.15, 0.2) is 29.2 Å². The number of carboxylic acids is 1. The minimum absolute atomic E-state index is 0.0581. The average Bonchev–Trinajstić information content (AvgIpc) is 2.80. The highest BCUT2D eigenvalue weighted by Crippen LogP contribution is 2.41. The third kappa shape index (κ3) is 2.20. The number of benzene rings is 1. The normalized spacial score (nSPS) is 23.1. The summed E-state index contributed by atoms with van der Waals surface area (Å²) in [5.74, 6) is -0.157. The van der Waals surface area contributed by atoms with Crippen LogP contribution in [0, 0.1) is 11.8 Å². The van der Waals surface area contributed by atoms with Crippen molar-refractivity contribution in [3.63, 3.8) is 0 Å². The zero-order valence-electron chi connectivity index (χ0n) is 11.3. The second-order valence-electron chi connectivity index (χ2n) is 5.53. The lowest BCUT2D eigenvalue weighted by Crippen LogP contribution is -2.54. The first-order valence-corrected chi connectivity index (χ1v) is 7.80. The second kappa shape index (κ2) is 5.13. The molecule has 1 aromatic carbocycles. The fraction of sp³-hybridized carbons (Fsp3) is 0.467. The first-order chi connectivity index (χ1) is 9.58. The molecule has 1 N–H and O–H groups in total. The standard InChI is InChI=1S/C15H17NO3S/c1-9(15(18)19)10-6-16(7-10)14(17)12-8-20-13-5-3-2-4-11(12)13/h2-5,9-10,12H,6-8H2,1H3,(H,18,19). The number of fused-ring (bicyclic) bond motifs is 1. The van der Waals surface area contributed by atoms with E-state index in [1.165, 1.54) is 4.90 Å². The lowest BCUT2D eigenvalue weighted by atomic mass is 9.85. The van der Waals surface area contributed by atoms with Gasteiger partial charge in [0.05, 0.1) is 11.8 Å². The van der Waals surface area contributed by atoms with Crippen LogP contribution in [0.25, 0.3) is 0 Å². The van der Waals surface area contributed by atoms with Gasteiger partial charge in [-0.3, -0.25) is 9.59 Å². The summed E-state index contributed by atoms with van der Waals surface area (Å²) >= 11 is 1.73. The van der Waals surface area contributed by atoms with Gasteiger partial charge in [0.25, 0.3) is 0 Å². The van der Waals surface area contributed by atoms with Crippen molar-refractivity contribution in [1.82, 2.24) is 4.90 Å². The summed E-state index contributed by atoms with van der Waals surface area (Å²) in [5, 5.41) is 8.98. The van der Waals surface area contributed by atoms with Gasteiger partial charge < -0.3 is 10.0 Å². The van der Waals surface area contributed by atoms with Gasteiger partial charge in [-0.2, -0.15) is 0 Å². The number of hydrogen-bond donors (Lipinski definition) is 1. The molecule has 1 fully saturated rings. The molecule has 20 heavy (non-hydrogen) atoms. The molecule has 5 heteroatoms. The first-order valence-electron chi connectivity index (χ1n) is 6.81. The molecule has 0 spiro atoms. The number of nitrogens with zero attached hydrogens (tertiary/aromatic N) is 1. The molecule has 2 aliphatic rings. The highest BCUT2D eigenvalue weighted by atomic mass is 32.2. The van der Waals surface area contributed by atoms with Gasteiger partial charge in [-0.15, -0.1) is 11.8 Å². The Kier molecular flexibility index (Phi) is 3.46. The van der Waals surface area contributed by atoms with Crippen LogP contribution in [-0.2, 0) is 9.59 Å². The van der Waals surface area contributed by atoms with Crippen molar-refractivity contribution in [1.29, 1.82) is 0 Å². The first kappa shape index (κ1) is 13.5. The molecule has 0 aliphatic carbocycles. The van der Waals surface area contributed by atoms with Crippen molar-refractivity contribution in [3.8, 4) is 0 Å². The van der Waals surface area contributed by atoms with E-state index in [1.807, 2.05) is 18.2 Å². The summed E-state index contributed by atoms with van der Waals surface area (Å²) in [5.41, 5.74) is 1.12. The molecule has 0 aromatic heterocycles. The van der Waals surface area contributed by atoms with Crippen LogP contribution in [0.4, 0.5) is 0 Å². The number of aliphatic carboxylic acids is 1. The maximum Gasteiger partial charge on any atom is 0.306 e. The Hall–Kier alpha value is -1.49. The Labute approximate surface area is 122 Å². The summed E-state index contributed by atoms with van der Waals surface area (Å²) in [6, 6.07) is 8.04. The molecule has 2 unspecified atom stereocenters. The topological polar surface area (TPSA) is 57.6 Å². The molecule has 3 rings (SSSR count). The number of thioether (sulfide) groups is 1. The van der Waals surface area contributed by atoms with Crippen LogP contribution in [0.3, 0.4) is 0 Å². The zero-order chi connectivity index (χ0) is 14.3. The molecule has 0 saturated carbocycles. The lowest BCUT2D eigenvalue weighted by molar-refractivity contribution is -0.150. The number of carbonyl (C=O) groups is 2. The van der Waals surface area contributed by atoms with Crippen LogP contribution >= 0.6 is 11.8 Å². The SMILES string of the molecule is CC(C(=O)O)C1CN(C(=O)C2CSc3ccccc32)C1. The van der Waals surface area contributed by atoms with Crippen LogP contribution in [0.2, 0.25) is 0 Å². The molecular formula is C15H17NO3S. The molecule has 1 saturated heterocycles. The maximum atomic E-state index is 12.5. The van der Waals surface area contributed by atoms with Gasteiger partial charge in [0.1, 0.15) is 0 Å². The van der Waals surface area contributed by atoms with Gasteiger partial charge in [0.2, 0.25) is 5.91 Å². The number of rotatable bonds is 3. The Balaban J connectivity index is 1.64. The van der Waals surface area contributed by atoms with Crippen LogP contribution in [-0.4, -0.2) is 40.7 Å². The third-order valence-electron chi connectivity index (χ3n) is 4.32. The Morgan fingerprint density at radius 1 is 1.35 bits per heavy atom. The molecule has 1 amide bonds. The molecule has 4 nitrogen and oxygen atoms in total. The lowest BCUT2D eigenvalue weighted by Gasteiger charge is -2.42. The van der Waals surface area contributed by atoms with Crippen LogP contribution in [0.5, 0.6) is 0 Å². The Morgan fingerprint density at radius 3 is 2.75 bits per heavy atom. The molecule has 106 valence electrons. The van der Waals surface area contributed by atoms with E-state index in [0.717, 1.165) is 11.3 Å². The molecule has 1 aromatic rings. The summed E-state index contributed by atoms with van der Waals surface area (Å²) < 4.78 is 0. The number of carbonyl (C=O) groups excluding carboxylic acids is 1. The highest BCUT2D eigenvalue weighted by molar-refractivity contribution is 7.99. The van der Waals surface area contributed by atoms with Crippen molar-refractivity contribution in [2.24, 2.45) is 11.8 Å². The quantitative estimate of drug-likeness (QED) is 0.926. The summed E-state index contributed by atoms with van der Waals surface area (Å²) in [6.07, 6.45) is 0. The fourth-order valence-corrected chi connectivity index (χ4v) is 4.02. The summed E-state index contributed by atoms with van der Waals surface area (Å²) in [7, 11) is 0. The van der Waals surface area contributed by atoms with E-state index < -0.39 is 5.97 Å².